The first kappa shape index (κ1) is 14.1. The quantitative estimate of drug-likeness (QED) is 0.809. The molecule has 1 aliphatic rings. The van der Waals surface area contributed by atoms with Gasteiger partial charge in [0.1, 0.15) is 6.61 Å². The number of carbonyl (C=O) groups excluding carboxylic acids is 2. The molecule has 0 fully saturated rings. The zero-order valence-electron chi connectivity index (χ0n) is 10.7. The van der Waals surface area contributed by atoms with E-state index in [1.54, 1.807) is 42.5 Å². The van der Waals surface area contributed by atoms with E-state index in [-0.39, 0.29) is 6.61 Å². The van der Waals surface area contributed by atoms with Crippen LogP contribution in [0, 0.1) is 0 Å². The molecular formula is C15H9Cl2NO3. The first-order valence-electron chi connectivity index (χ1n) is 6.12. The maximum Gasteiger partial charge on any atom is 0.285 e. The molecule has 21 heavy (non-hydrogen) atoms. The molecule has 0 aromatic heterocycles. The Balaban J connectivity index is 1.78. The molecule has 0 atom stereocenters. The molecule has 1 heterocycles. The minimum atomic E-state index is -0.469. The SMILES string of the molecule is O=C1c2ccccc2C(=O)N1OCc1cc(Cl)cc(Cl)c1. The Morgan fingerprint density at radius 1 is 0.905 bits per heavy atom. The second kappa shape index (κ2) is 5.48. The van der Waals surface area contributed by atoms with Crippen molar-refractivity contribution in [3.8, 4) is 0 Å². The van der Waals surface area contributed by atoms with Crippen LogP contribution in [0.2, 0.25) is 10.0 Å². The second-order valence-electron chi connectivity index (χ2n) is 4.50. The van der Waals surface area contributed by atoms with Crippen LogP contribution in [-0.4, -0.2) is 16.9 Å². The summed E-state index contributed by atoms with van der Waals surface area (Å²) in [6.45, 7) is 0.0196. The number of carbonyl (C=O) groups is 2. The summed E-state index contributed by atoms with van der Waals surface area (Å²) in [7, 11) is 0. The van der Waals surface area contributed by atoms with Gasteiger partial charge < -0.3 is 0 Å². The molecule has 0 spiro atoms. The van der Waals surface area contributed by atoms with Gasteiger partial charge in [0.2, 0.25) is 0 Å². The molecule has 0 bridgehead atoms. The van der Waals surface area contributed by atoms with E-state index in [4.69, 9.17) is 28.0 Å². The third-order valence-electron chi connectivity index (χ3n) is 3.04. The standard InChI is InChI=1S/C15H9Cl2NO3/c16-10-5-9(6-11(17)7-10)8-21-18-14(19)12-3-1-2-4-13(12)15(18)20/h1-7H,8H2. The molecule has 0 saturated carbocycles. The highest BCUT2D eigenvalue weighted by Crippen LogP contribution is 2.24. The fraction of sp³-hybridized carbons (Fsp3) is 0.0667. The van der Waals surface area contributed by atoms with Crippen LogP contribution in [0.25, 0.3) is 0 Å². The molecule has 0 saturated heterocycles. The highest BCUT2D eigenvalue weighted by molar-refractivity contribution is 6.34. The number of rotatable bonds is 3. The fourth-order valence-electron chi connectivity index (χ4n) is 2.12. The van der Waals surface area contributed by atoms with E-state index in [0.29, 0.717) is 26.7 Å². The lowest BCUT2D eigenvalue weighted by Crippen LogP contribution is -2.29. The minimum absolute atomic E-state index is 0.0196. The van der Waals surface area contributed by atoms with Crippen LogP contribution in [-0.2, 0) is 11.4 Å². The van der Waals surface area contributed by atoms with Gasteiger partial charge in [-0.25, -0.2) is 0 Å². The minimum Gasteiger partial charge on any atom is -0.266 e. The van der Waals surface area contributed by atoms with E-state index in [1.165, 1.54) is 0 Å². The van der Waals surface area contributed by atoms with E-state index in [1.807, 2.05) is 0 Å². The van der Waals surface area contributed by atoms with E-state index < -0.39 is 11.8 Å². The third kappa shape index (κ3) is 2.65. The highest BCUT2D eigenvalue weighted by Gasteiger charge is 2.36. The summed E-state index contributed by atoms with van der Waals surface area (Å²) in [5.41, 5.74) is 1.35. The van der Waals surface area contributed by atoms with E-state index in [0.717, 1.165) is 5.06 Å². The number of halogens is 2. The average molecular weight is 322 g/mol. The Labute approximate surface area is 130 Å². The van der Waals surface area contributed by atoms with Crippen LogP contribution < -0.4 is 0 Å². The van der Waals surface area contributed by atoms with Crippen molar-refractivity contribution >= 4 is 35.0 Å². The number of hydrogen-bond donors (Lipinski definition) is 0. The number of hydrogen-bond acceptors (Lipinski definition) is 3. The molecule has 4 nitrogen and oxygen atoms in total. The maximum absolute atomic E-state index is 12.1. The normalized spacial score (nSPS) is 13.7. The summed E-state index contributed by atoms with van der Waals surface area (Å²) >= 11 is 11.8. The molecule has 2 amide bonds. The molecule has 3 rings (SSSR count). The van der Waals surface area contributed by atoms with Crippen molar-refractivity contribution in [3.63, 3.8) is 0 Å². The molecule has 0 aliphatic carbocycles. The van der Waals surface area contributed by atoms with Gasteiger partial charge in [-0.15, -0.1) is 5.06 Å². The predicted molar refractivity (Wildman–Crippen MR) is 78.2 cm³/mol. The molecular weight excluding hydrogens is 313 g/mol. The number of hydroxylamine groups is 2. The van der Waals surface area contributed by atoms with Crippen LogP contribution >= 0.6 is 23.2 Å². The molecule has 0 radical (unpaired) electrons. The van der Waals surface area contributed by atoms with Gasteiger partial charge in [-0.1, -0.05) is 35.3 Å². The monoisotopic (exact) mass is 321 g/mol. The summed E-state index contributed by atoms with van der Waals surface area (Å²) in [5.74, 6) is -0.938. The molecule has 2 aromatic carbocycles. The molecule has 1 aliphatic heterocycles. The van der Waals surface area contributed by atoms with Crippen molar-refractivity contribution in [1.29, 1.82) is 0 Å². The largest absolute Gasteiger partial charge is 0.285 e. The van der Waals surface area contributed by atoms with Crippen LogP contribution in [0.3, 0.4) is 0 Å². The van der Waals surface area contributed by atoms with Crippen molar-refractivity contribution in [2.45, 2.75) is 6.61 Å². The Morgan fingerprint density at radius 3 is 1.95 bits per heavy atom. The van der Waals surface area contributed by atoms with Gasteiger partial charge in [0, 0.05) is 10.0 Å². The van der Waals surface area contributed by atoms with Crippen molar-refractivity contribution < 1.29 is 14.4 Å². The van der Waals surface area contributed by atoms with Gasteiger partial charge in [-0.3, -0.25) is 14.4 Å². The van der Waals surface area contributed by atoms with Gasteiger partial charge in [-0.05, 0) is 35.9 Å². The van der Waals surface area contributed by atoms with Gasteiger partial charge in [-0.2, -0.15) is 0 Å². The smallest absolute Gasteiger partial charge is 0.266 e. The van der Waals surface area contributed by atoms with Crippen molar-refractivity contribution in [1.82, 2.24) is 5.06 Å². The van der Waals surface area contributed by atoms with Gasteiger partial charge >= 0.3 is 0 Å². The number of benzene rings is 2. The molecule has 2 aromatic rings. The summed E-state index contributed by atoms with van der Waals surface area (Å²) in [6, 6.07) is 11.5. The number of nitrogens with zero attached hydrogens (tertiary/aromatic N) is 1. The fourth-order valence-corrected chi connectivity index (χ4v) is 2.69. The van der Waals surface area contributed by atoms with Gasteiger partial charge in [0.25, 0.3) is 11.8 Å². The van der Waals surface area contributed by atoms with Gasteiger partial charge in [0.15, 0.2) is 0 Å². The molecule has 0 N–H and O–H groups in total. The number of fused-ring (bicyclic) bond motifs is 1. The Morgan fingerprint density at radius 2 is 1.43 bits per heavy atom. The van der Waals surface area contributed by atoms with Crippen molar-refractivity contribution in [3.05, 3.63) is 69.2 Å². The average Bonchev–Trinajstić information content (AvgIpc) is 2.69. The number of amides is 2. The van der Waals surface area contributed by atoms with Gasteiger partial charge in [0.05, 0.1) is 11.1 Å². The molecule has 0 unspecified atom stereocenters. The maximum atomic E-state index is 12.1. The summed E-state index contributed by atoms with van der Waals surface area (Å²) < 4.78 is 0. The zero-order valence-corrected chi connectivity index (χ0v) is 12.2. The third-order valence-corrected chi connectivity index (χ3v) is 3.48. The molecule has 106 valence electrons. The lowest BCUT2D eigenvalue weighted by Gasteiger charge is -2.13. The molecule has 6 heteroatoms. The zero-order chi connectivity index (χ0) is 15.0. The predicted octanol–water partition coefficient (Wildman–Crippen LogP) is 3.72. The van der Waals surface area contributed by atoms with Crippen LogP contribution in [0.4, 0.5) is 0 Å². The summed E-state index contributed by atoms with van der Waals surface area (Å²) in [6.07, 6.45) is 0. The van der Waals surface area contributed by atoms with E-state index in [9.17, 15) is 9.59 Å². The topological polar surface area (TPSA) is 46.6 Å². The van der Waals surface area contributed by atoms with Crippen LogP contribution in [0.15, 0.2) is 42.5 Å². The Kier molecular flexibility index (Phi) is 3.68. The second-order valence-corrected chi connectivity index (χ2v) is 5.37. The van der Waals surface area contributed by atoms with Crippen LogP contribution in [0.5, 0.6) is 0 Å². The van der Waals surface area contributed by atoms with Crippen molar-refractivity contribution in [2.24, 2.45) is 0 Å². The lowest BCUT2D eigenvalue weighted by atomic mass is 10.1. The summed E-state index contributed by atoms with van der Waals surface area (Å²) in [5, 5.41) is 1.69. The lowest BCUT2D eigenvalue weighted by molar-refractivity contribution is -0.101. The Hall–Kier alpha value is -1.88. The van der Waals surface area contributed by atoms with E-state index >= 15 is 0 Å². The Bertz CT molecular complexity index is 690. The van der Waals surface area contributed by atoms with Crippen molar-refractivity contribution in [2.75, 3.05) is 0 Å². The van der Waals surface area contributed by atoms with Crippen LogP contribution in [0.1, 0.15) is 26.3 Å². The number of imide groups is 1. The highest BCUT2D eigenvalue weighted by atomic mass is 35.5. The summed E-state index contributed by atoms with van der Waals surface area (Å²) in [4.78, 5) is 29.5. The van der Waals surface area contributed by atoms with E-state index in [2.05, 4.69) is 0 Å². The first-order valence-corrected chi connectivity index (χ1v) is 6.87. The first-order chi connectivity index (χ1) is 10.1.